The van der Waals surface area contributed by atoms with Gasteiger partial charge >= 0.3 is 22.5 Å². The van der Waals surface area contributed by atoms with Gasteiger partial charge in [0.1, 0.15) is 23.1 Å². The van der Waals surface area contributed by atoms with Crippen molar-refractivity contribution in [1.29, 1.82) is 0 Å². The van der Waals surface area contributed by atoms with Gasteiger partial charge in [-0.1, -0.05) is 24.1 Å². The first-order valence-electron chi connectivity index (χ1n) is 12.1. The molecule has 0 spiro atoms. The van der Waals surface area contributed by atoms with Crippen LogP contribution in [0.15, 0.2) is 30.5 Å². The van der Waals surface area contributed by atoms with Crippen LogP contribution in [-0.2, 0) is 32.3 Å². The maximum Gasteiger partial charge on any atom is 0.421 e. The Labute approximate surface area is 229 Å². The van der Waals surface area contributed by atoms with Crippen molar-refractivity contribution in [3.05, 3.63) is 46.6 Å². The maximum absolute atomic E-state index is 13.0. The van der Waals surface area contributed by atoms with Crippen molar-refractivity contribution in [3.63, 3.8) is 0 Å². The summed E-state index contributed by atoms with van der Waals surface area (Å²) >= 11 is 6.00. The first kappa shape index (κ1) is 30.7. The first-order chi connectivity index (χ1) is 18.5. The summed E-state index contributed by atoms with van der Waals surface area (Å²) in [5.41, 5.74) is -0.425. The number of carbonyl (C=O) groups is 1. The molecule has 216 valence electrons. The summed E-state index contributed by atoms with van der Waals surface area (Å²) in [6.45, 7) is 1.16. The molecule has 1 aliphatic rings. The number of alkyl halides is 3. The second kappa shape index (κ2) is 14.0. The van der Waals surface area contributed by atoms with Gasteiger partial charge in [-0.2, -0.15) is 25.9 Å². The van der Waals surface area contributed by atoms with Gasteiger partial charge < -0.3 is 18.9 Å². The fourth-order valence-corrected chi connectivity index (χ4v) is 5.00. The Balaban J connectivity index is 1.64. The average molecular weight is 596 g/mol. The lowest BCUT2D eigenvalue weighted by molar-refractivity contribution is -0.137. The Hall–Kier alpha value is -2.81. The third kappa shape index (κ3) is 9.41. The molecular weight excluding hydrogens is 567 g/mol. The second-order valence-electron chi connectivity index (χ2n) is 8.53. The molecule has 3 rings (SSSR count). The van der Waals surface area contributed by atoms with Crippen molar-refractivity contribution in [1.82, 2.24) is 14.0 Å². The monoisotopic (exact) mass is 595 g/mol. The van der Waals surface area contributed by atoms with Gasteiger partial charge in [-0.05, 0) is 43.4 Å². The van der Waals surface area contributed by atoms with Gasteiger partial charge in [-0.3, -0.25) is 0 Å². The van der Waals surface area contributed by atoms with Crippen LogP contribution < -0.4 is 14.2 Å². The van der Waals surface area contributed by atoms with Crippen LogP contribution in [0.4, 0.5) is 18.0 Å². The fourth-order valence-electron chi connectivity index (χ4n) is 3.66. The van der Waals surface area contributed by atoms with E-state index in [0.717, 1.165) is 19.3 Å². The van der Waals surface area contributed by atoms with E-state index in [1.54, 1.807) is 12.1 Å². The molecule has 39 heavy (non-hydrogen) atoms. The molecule has 1 aromatic heterocycles. The normalized spacial score (nSPS) is 14.6. The summed E-state index contributed by atoms with van der Waals surface area (Å²) < 4.78 is 87.9. The number of ether oxygens (including phenoxy) is 4. The second-order valence-corrected chi connectivity index (χ2v) is 10.6. The quantitative estimate of drug-likeness (QED) is 0.342. The summed E-state index contributed by atoms with van der Waals surface area (Å²) in [5, 5.41) is -0.337. The number of hydrogen-bond donors (Lipinski definition) is 1. The highest BCUT2D eigenvalue weighted by atomic mass is 35.5. The van der Waals surface area contributed by atoms with E-state index in [2.05, 4.69) is 4.98 Å². The number of methoxy groups -OCH3 is 1. The molecule has 1 amide bonds. The van der Waals surface area contributed by atoms with Crippen molar-refractivity contribution in [2.75, 3.05) is 40.0 Å². The van der Waals surface area contributed by atoms with Crippen molar-refractivity contribution < 1.29 is 45.3 Å². The van der Waals surface area contributed by atoms with Crippen molar-refractivity contribution >= 4 is 27.9 Å². The van der Waals surface area contributed by atoms with Crippen LogP contribution >= 0.6 is 11.6 Å². The van der Waals surface area contributed by atoms with E-state index in [1.165, 1.54) is 17.5 Å². The zero-order valence-electron chi connectivity index (χ0n) is 21.1. The fraction of sp³-hybridized carbons (Fsp3) is 0.500. The van der Waals surface area contributed by atoms with Crippen LogP contribution in [0.25, 0.3) is 0 Å². The highest BCUT2D eigenvalue weighted by molar-refractivity contribution is 7.87. The van der Waals surface area contributed by atoms with Crippen molar-refractivity contribution in [3.8, 4) is 17.4 Å². The van der Waals surface area contributed by atoms with Crippen LogP contribution in [0.3, 0.4) is 0 Å². The standard InChI is InChI=1S/C24H29ClF3N3O7S/c1-35-12-13-36-19-8-7-17(21(15-19)38-22-20(25)14-18(16-29-22)24(26,27)28)6-5-11-37-23(32)30-39(33,34)31-9-3-2-4-10-31/h7-8,14-16H,2-6,9-13H2,1H3,(H,30,32). The van der Waals surface area contributed by atoms with Gasteiger partial charge in [0.25, 0.3) is 0 Å². The van der Waals surface area contributed by atoms with Crippen LogP contribution in [0.2, 0.25) is 5.02 Å². The Morgan fingerprint density at radius 1 is 1.13 bits per heavy atom. The number of rotatable bonds is 12. The number of aromatic nitrogens is 1. The van der Waals surface area contributed by atoms with E-state index < -0.39 is 28.0 Å². The third-order valence-electron chi connectivity index (χ3n) is 5.63. The number of nitrogens with zero attached hydrogens (tertiary/aromatic N) is 2. The van der Waals surface area contributed by atoms with E-state index in [0.29, 0.717) is 49.7 Å². The van der Waals surface area contributed by atoms with E-state index in [9.17, 15) is 26.4 Å². The van der Waals surface area contributed by atoms with Gasteiger partial charge in [-0.15, -0.1) is 0 Å². The number of aryl methyl sites for hydroxylation is 1. The van der Waals surface area contributed by atoms with Gasteiger partial charge in [0.05, 0.1) is 18.8 Å². The SMILES string of the molecule is COCCOc1ccc(CCCOC(=O)NS(=O)(=O)N2CCCCC2)c(Oc2ncc(C(F)(F)F)cc2Cl)c1. The maximum atomic E-state index is 13.0. The minimum atomic E-state index is -4.62. The lowest BCUT2D eigenvalue weighted by Gasteiger charge is -2.25. The molecule has 1 N–H and O–H groups in total. The molecule has 2 heterocycles. The zero-order valence-corrected chi connectivity index (χ0v) is 22.7. The van der Waals surface area contributed by atoms with E-state index in [4.69, 9.17) is 30.5 Å². The van der Waals surface area contributed by atoms with Crippen LogP contribution in [0.5, 0.6) is 17.4 Å². The molecule has 1 saturated heterocycles. The number of pyridine rings is 1. The molecule has 10 nitrogen and oxygen atoms in total. The predicted octanol–water partition coefficient (Wildman–Crippen LogP) is 4.96. The van der Waals surface area contributed by atoms with Gasteiger partial charge in [0.2, 0.25) is 5.88 Å². The molecule has 15 heteroatoms. The molecule has 0 radical (unpaired) electrons. The molecule has 0 aliphatic carbocycles. The summed E-state index contributed by atoms with van der Waals surface area (Å²) in [6.07, 6.45) is -2.11. The average Bonchev–Trinajstić information content (AvgIpc) is 2.88. The molecule has 1 aliphatic heterocycles. The topological polar surface area (TPSA) is 116 Å². The summed E-state index contributed by atoms with van der Waals surface area (Å²) in [6, 6.07) is 5.58. The number of piperidine rings is 1. The minimum Gasteiger partial charge on any atom is -0.491 e. The van der Waals surface area contributed by atoms with E-state index in [1.807, 2.05) is 4.72 Å². The largest absolute Gasteiger partial charge is 0.491 e. The minimum absolute atomic E-state index is 0.105. The molecular formula is C24H29ClF3N3O7S. The number of halogens is 4. The number of carbonyl (C=O) groups excluding carboxylic acids is 1. The van der Waals surface area contributed by atoms with Crippen LogP contribution in [-0.4, -0.2) is 63.8 Å². The predicted molar refractivity (Wildman–Crippen MR) is 135 cm³/mol. The van der Waals surface area contributed by atoms with Crippen molar-refractivity contribution in [2.45, 2.75) is 38.3 Å². The Morgan fingerprint density at radius 2 is 1.87 bits per heavy atom. The highest BCUT2D eigenvalue weighted by Crippen LogP contribution is 2.36. The molecule has 0 bridgehead atoms. The number of amides is 1. The summed E-state index contributed by atoms with van der Waals surface area (Å²) in [5.74, 6) is 0.391. The Bertz CT molecular complexity index is 1230. The molecule has 0 unspecified atom stereocenters. The lowest BCUT2D eigenvalue weighted by Crippen LogP contribution is -2.45. The van der Waals surface area contributed by atoms with Crippen molar-refractivity contribution in [2.24, 2.45) is 0 Å². The molecule has 1 fully saturated rings. The number of nitrogens with one attached hydrogen (secondary N) is 1. The third-order valence-corrected chi connectivity index (χ3v) is 7.37. The molecule has 1 aromatic carbocycles. The molecule has 0 saturated carbocycles. The van der Waals surface area contributed by atoms with E-state index >= 15 is 0 Å². The van der Waals surface area contributed by atoms with E-state index in [-0.39, 0.29) is 36.3 Å². The van der Waals surface area contributed by atoms with Crippen LogP contribution in [0, 0.1) is 0 Å². The van der Waals surface area contributed by atoms with Crippen LogP contribution in [0.1, 0.15) is 36.8 Å². The Kier molecular flexibility index (Phi) is 11.0. The molecule has 0 atom stereocenters. The number of benzene rings is 1. The lowest BCUT2D eigenvalue weighted by atomic mass is 10.1. The molecule has 2 aromatic rings. The number of hydrogen-bond acceptors (Lipinski definition) is 8. The highest BCUT2D eigenvalue weighted by Gasteiger charge is 2.32. The first-order valence-corrected chi connectivity index (χ1v) is 13.9. The zero-order chi connectivity index (χ0) is 28.5. The van der Waals surface area contributed by atoms with Gasteiger partial charge in [0, 0.05) is 32.5 Å². The summed E-state index contributed by atoms with van der Waals surface area (Å²) in [4.78, 5) is 15.7. The summed E-state index contributed by atoms with van der Waals surface area (Å²) in [7, 11) is -2.45. The van der Waals surface area contributed by atoms with Gasteiger partial charge in [-0.25, -0.2) is 14.5 Å². The smallest absolute Gasteiger partial charge is 0.421 e. The van der Waals surface area contributed by atoms with Gasteiger partial charge in [0.15, 0.2) is 0 Å². The Morgan fingerprint density at radius 3 is 2.54 bits per heavy atom.